The van der Waals surface area contributed by atoms with Crippen molar-refractivity contribution >= 4 is 11.6 Å². The second kappa shape index (κ2) is 9.03. The van der Waals surface area contributed by atoms with Crippen LogP contribution in [-0.4, -0.2) is 37.1 Å². The average molecular weight is 391 g/mol. The second-order valence-electron chi connectivity index (χ2n) is 7.02. The molecule has 1 unspecified atom stereocenters. The van der Waals surface area contributed by atoms with Crippen LogP contribution in [0.25, 0.3) is 0 Å². The van der Waals surface area contributed by atoms with E-state index in [2.05, 4.69) is 25.5 Å². The minimum Gasteiger partial charge on any atom is -0.444 e. The third kappa shape index (κ3) is 4.99. The molecule has 2 heterocycles. The highest BCUT2D eigenvalue weighted by Gasteiger charge is 2.23. The van der Waals surface area contributed by atoms with Crippen LogP contribution in [0.2, 0.25) is 0 Å². The van der Waals surface area contributed by atoms with E-state index in [9.17, 15) is 8.78 Å². The first-order valence-corrected chi connectivity index (χ1v) is 9.61. The van der Waals surface area contributed by atoms with E-state index in [1.54, 1.807) is 6.07 Å². The normalized spacial score (nSPS) is 17.2. The Morgan fingerprint density at radius 3 is 2.79 bits per heavy atom. The smallest absolute Gasteiger partial charge is 0.216 e. The molecule has 2 aromatic rings. The molecule has 0 saturated carbocycles. The van der Waals surface area contributed by atoms with E-state index in [4.69, 9.17) is 4.42 Å². The molecule has 8 heteroatoms. The Bertz CT molecular complexity index is 816. The van der Waals surface area contributed by atoms with E-state index in [1.165, 1.54) is 12.1 Å². The van der Waals surface area contributed by atoms with E-state index in [-0.39, 0.29) is 0 Å². The molecule has 1 atom stereocenters. The number of aromatic nitrogens is 1. The lowest BCUT2D eigenvalue weighted by Gasteiger charge is -2.19. The predicted octanol–water partition coefficient (Wildman–Crippen LogP) is 3.15. The zero-order valence-electron chi connectivity index (χ0n) is 16.6. The summed E-state index contributed by atoms with van der Waals surface area (Å²) in [5.74, 6) is 0.885. The lowest BCUT2D eigenvalue weighted by molar-refractivity contribution is 0.472. The van der Waals surface area contributed by atoms with Crippen LogP contribution in [0.5, 0.6) is 0 Å². The summed E-state index contributed by atoms with van der Waals surface area (Å²) in [6, 6.07) is 4.06. The van der Waals surface area contributed by atoms with Gasteiger partial charge in [0.2, 0.25) is 5.89 Å². The molecular formula is C20H27F2N5O. The van der Waals surface area contributed by atoms with Crippen LogP contribution in [0.4, 0.5) is 14.5 Å². The van der Waals surface area contributed by atoms with Gasteiger partial charge in [-0.2, -0.15) is 0 Å². The van der Waals surface area contributed by atoms with Gasteiger partial charge in [0.15, 0.2) is 17.6 Å². The van der Waals surface area contributed by atoms with Crippen molar-refractivity contribution in [3.8, 4) is 0 Å². The molecule has 1 aromatic heterocycles. The van der Waals surface area contributed by atoms with Gasteiger partial charge >= 0.3 is 0 Å². The molecule has 0 aliphatic carbocycles. The lowest BCUT2D eigenvalue weighted by Crippen LogP contribution is -2.40. The molecule has 2 N–H and O–H groups in total. The van der Waals surface area contributed by atoms with Gasteiger partial charge in [-0.15, -0.1) is 0 Å². The summed E-state index contributed by atoms with van der Waals surface area (Å²) in [6.07, 6.45) is 0.976. The maximum atomic E-state index is 13.5. The Morgan fingerprint density at radius 2 is 2.11 bits per heavy atom. The van der Waals surface area contributed by atoms with Crippen molar-refractivity contribution in [1.82, 2.24) is 15.6 Å². The number of aliphatic imine (C=N–C) groups is 1. The fourth-order valence-corrected chi connectivity index (χ4v) is 3.25. The van der Waals surface area contributed by atoms with Gasteiger partial charge in [0.05, 0.1) is 5.69 Å². The molecule has 3 rings (SSSR count). The summed E-state index contributed by atoms with van der Waals surface area (Å²) in [5.41, 5.74) is 1.60. The standard InChI is InChI=1S/C20H27F2N5O/c1-4-23-20(25-11-19-26-13(2)14(3)28-19)24-10-15-7-8-27(12-15)16-5-6-17(21)18(22)9-16/h5-6,9,15H,4,7-8,10-12H2,1-3H3,(H2,23,24,25). The zero-order valence-corrected chi connectivity index (χ0v) is 16.6. The number of hydrogen-bond acceptors (Lipinski definition) is 4. The topological polar surface area (TPSA) is 65.7 Å². The van der Waals surface area contributed by atoms with Crippen LogP contribution in [-0.2, 0) is 6.54 Å². The van der Waals surface area contributed by atoms with Gasteiger partial charge in [-0.25, -0.2) is 18.8 Å². The third-order valence-corrected chi connectivity index (χ3v) is 4.90. The summed E-state index contributed by atoms with van der Waals surface area (Å²) in [5, 5.41) is 6.57. The summed E-state index contributed by atoms with van der Waals surface area (Å²) >= 11 is 0. The number of hydrogen-bond donors (Lipinski definition) is 2. The Morgan fingerprint density at radius 1 is 1.29 bits per heavy atom. The molecule has 6 nitrogen and oxygen atoms in total. The number of rotatable bonds is 6. The van der Waals surface area contributed by atoms with Crippen molar-refractivity contribution in [3.63, 3.8) is 0 Å². The Kier molecular flexibility index (Phi) is 6.49. The minimum atomic E-state index is -0.816. The average Bonchev–Trinajstić information content (AvgIpc) is 3.26. The highest BCUT2D eigenvalue weighted by atomic mass is 19.2. The van der Waals surface area contributed by atoms with Gasteiger partial charge in [-0.05, 0) is 45.2 Å². The molecule has 152 valence electrons. The van der Waals surface area contributed by atoms with Crippen LogP contribution in [0.3, 0.4) is 0 Å². The van der Waals surface area contributed by atoms with E-state index in [1.807, 2.05) is 20.8 Å². The van der Waals surface area contributed by atoms with Gasteiger partial charge in [-0.3, -0.25) is 0 Å². The van der Waals surface area contributed by atoms with Crippen LogP contribution in [0.1, 0.15) is 30.7 Å². The first-order chi connectivity index (χ1) is 13.5. The number of benzene rings is 1. The van der Waals surface area contributed by atoms with Crippen LogP contribution in [0.15, 0.2) is 27.6 Å². The number of nitrogens with zero attached hydrogens (tertiary/aromatic N) is 3. The van der Waals surface area contributed by atoms with Crippen LogP contribution in [0, 0.1) is 31.4 Å². The van der Waals surface area contributed by atoms with Gasteiger partial charge in [0.25, 0.3) is 0 Å². The first kappa shape index (κ1) is 20.1. The quantitative estimate of drug-likeness (QED) is 0.585. The molecule has 1 saturated heterocycles. The van der Waals surface area contributed by atoms with Gasteiger partial charge < -0.3 is 20.0 Å². The molecule has 0 bridgehead atoms. The molecular weight excluding hydrogens is 364 g/mol. The van der Waals surface area contributed by atoms with Crippen molar-refractivity contribution in [2.45, 2.75) is 33.7 Å². The van der Waals surface area contributed by atoms with Crippen molar-refractivity contribution in [2.24, 2.45) is 10.9 Å². The Labute approximate surface area is 164 Å². The maximum absolute atomic E-state index is 13.5. The van der Waals surface area contributed by atoms with E-state index in [0.29, 0.717) is 24.3 Å². The molecule has 1 aliphatic heterocycles. The van der Waals surface area contributed by atoms with Crippen molar-refractivity contribution in [3.05, 3.63) is 47.2 Å². The Hall–Kier alpha value is -2.64. The molecule has 1 fully saturated rings. The number of anilines is 1. The molecule has 0 radical (unpaired) electrons. The molecule has 0 spiro atoms. The number of nitrogens with one attached hydrogen (secondary N) is 2. The highest BCUT2D eigenvalue weighted by Crippen LogP contribution is 2.25. The largest absolute Gasteiger partial charge is 0.444 e. The number of aryl methyl sites for hydroxylation is 2. The molecule has 0 amide bonds. The molecule has 28 heavy (non-hydrogen) atoms. The minimum absolute atomic E-state index is 0.371. The number of halogens is 2. The second-order valence-corrected chi connectivity index (χ2v) is 7.02. The third-order valence-electron chi connectivity index (χ3n) is 4.90. The van der Waals surface area contributed by atoms with Crippen molar-refractivity contribution in [2.75, 3.05) is 31.1 Å². The monoisotopic (exact) mass is 391 g/mol. The van der Waals surface area contributed by atoms with Gasteiger partial charge in [0.1, 0.15) is 12.3 Å². The maximum Gasteiger partial charge on any atom is 0.216 e. The highest BCUT2D eigenvalue weighted by molar-refractivity contribution is 5.79. The van der Waals surface area contributed by atoms with Crippen molar-refractivity contribution in [1.29, 1.82) is 0 Å². The Balaban J connectivity index is 1.53. The summed E-state index contributed by atoms with van der Waals surface area (Å²) < 4.78 is 32.2. The number of guanidine groups is 1. The predicted molar refractivity (Wildman–Crippen MR) is 105 cm³/mol. The number of oxazole rings is 1. The SMILES string of the molecule is CCNC(=NCc1nc(C)c(C)o1)NCC1CCN(c2ccc(F)c(F)c2)C1. The molecule has 1 aliphatic rings. The van der Waals surface area contributed by atoms with Crippen LogP contribution < -0.4 is 15.5 Å². The van der Waals surface area contributed by atoms with Crippen molar-refractivity contribution < 1.29 is 13.2 Å². The van der Waals surface area contributed by atoms with E-state index in [0.717, 1.165) is 49.7 Å². The van der Waals surface area contributed by atoms with E-state index >= 15 is 0 Å². The zero-order chi connectivity index (χ0) is 20.1. The van der Waals surface area contributed by atoms with Gasteiger partial charge in [0, 0.05) is 37.9 Å². The fraction of sp³-hybridized carbons (Fsp3) is 0.500. The summed E-state index contributed by atoms with van der Waals surface area (Å²) in [4.78, 5) is 11.0. The molecule has 1 aromatic carbocycles. The fourth-order valence-electron chi connectivity index (χ4n) is 3.25. The van der Waals surface area contributed by atoms with Gasteiger partial charge in [-0.1, -0.05) is 0 Å². The van der Waals surface area contributed by atoms with Crippen LogP contribution >= 0.6 is 0 Å². The summed E-state index contributed by atoms with van der Waals surface area (Å²) in [7, 11) is 0. The van der Waals surface area contributed by atoms with E-state index < -0.39 is 11.6 Å². The first-order valence-electron chi connectivity index (χ1n) is 9.61. The lowest BCUT2D eigenvalue weighted by atomic mass is 10.1. The summed E-state index contributed by atoms with van der Waals surface area (Å²) in [6.45, 7) is 9.28.